The van der Waals surface area contributed by atoms with Gasteiger partial charge in [-0.2, -0.15) is 0 Å². The normalized spacial score (nSPS) is 25.0. The molecule has 76 valence electrons. The first-order valence-electron chi connectivity index (χ1n) is 4.56. The fraction of sp³-hybridized carbons (Fsp3) is 0.400. The summed E-state index contributed by atoms with van der Waals surface area (Å²) < 4.78 is 22.5. The van der Waals surface area contributed by atoms with Gasteiger partial charge in [0.1, 0.15) is 5.75 Å². The monoisotopic (exact) mass is 212 g/mol. The molecular weight excluding hydrogens is 200 g/mol. The van der Waals surface area contributed by atoms with Gasteiger partial charge >= 0.3 is 0 Å². The van der Waals surface area contributed by atoms with Crippen LogP contribution < -0.4 is 0 Å². The maximum atomic E-state index is 11.2. The van der Waals surface area contributed by atoms with Gasteiger partial charge in [0.05, 0.1) is 11.5 Å². The lowest BCUT2D eigenvalue weighted by Crippen LogP contribution is -2.03. The highest BCUT2D eigenvalue weighted by Crippen LogP contribution is 2.29. The first-order chi connectivity index (χ1) is 6.57. The van der Waals surface area contributed by atoms with Crippen molar-refractivity contribution in [3.05, 3.63) is 29.8 Å². The minimum atomic E-state index is -2.82. The van der Waals surface area contributed by atoms with Crippen LogP contribution in [-0.4, -0.2) is 25.0 Å². The van der Waals surface area contributed by atoms with Crippen molar-refractivity contribution in [3.63, 3.8) is 0 Å². The van der Waals surface area contributed by atoms with E-state index >= 15 is 0 Å². The number of hydrogen-bond acceptors (Lipinski definition) is 3. The molecule has 0 aromatic heterocycles. The van der Waals surface area contributed by atoms with Crippen LogP contribution in [0.5, 0.6) is 5.75 Å². The Morgan fingerprint density at radius 1 is 1.21 bits per heavy atom. The summed E-state index contributed by atoms with van der Waals surface area (Å²) in [6.45, 7) is 0. The van der Waals surface area contributed by atoms with Gasteiger partial charge in [-0.1, -0.05) is 12.1 Å². The van der Waals surface area contributed by atoms with Crippen LogP contribution in [0.4, 0.5) is 0 Å². The van der Waals surface area contributed by atoms with Crippen molar-refractivity contribution in [1.29, 1.82) is 0 Å². The fourth-order valence-corrected chi connectivity index (χ4v) is 3.59. The van der Waals surface area contributed by atoms with E-state index in [1.807, 2.05) is 0 Å². The molecule has 3 nitrogen and oxygen atoms in total. The van der Waals surface area contributed by atoms with E-state index in [1.165, 1.54) is 0 Å². The largest absolute Gasteiger partial charge is 0.508 e. The molecule has 1 aliphatic rings. The highest BCUT2D eigenvalue weighted by atomic mass is 32.2. The number of hydrogen-bond donors (Lipinski definition) is 1. The molecule has 14 heavy (non-hydrogen) atoms. The van der Waals surface area contributed by atoms with E-state index in [2.05, 4.69) is 0 Å². The highest BCUT2D eigenvalue weighted by Gasteiger charge is 2.28. The number of sulfone groups is 1. The smallest absolute Gasteiger partial charge is 0.150 e. The maximum Gasteiger partial charge on any atom is 0.150 e. The first-order valence-corrected chi connectivity index (χ1v) is 6.38. The number of rotatable bonds is 1. The summed E-state index contributed by atoms with van der Waals surface area (Å²) in [5.41, 5.74) is 1.00. The van der Waals surface area contributed by atoms with E-state index < -0.39 is 9.84 Å². The van der Waals surface area contributed by atoms with Crippen molar-refractivity contribution in [1.82, 2.24) is 0 Å². The van der Waals surface area contributed by atoms with Crippen LogP contribution in [0.2, 0.25) is 0 Å². The molecule has 1 unspecified atom stereocenters. The molecule has 1 aromatic rings. The minimum Gasteiger partial charge on any atom is -0.508 e. The fourth-order valence-electron chi connectivity index (χ4n) is 1.80. The van der Waals surface area contributed by atoms with Crippen LogP contribution in [0, 0.1) is 0 Å². The average molecular weight is 212 g/mol. The number of phenols is 1. The van der Waals surface area contributed by atoms with E-state index in [0.717, 1.165) is 5.56 Å². The molecule has 0 bridgehead atoms. The van der Waals surface area contributed by atoms with Crippen molar-refractivity contribution in [3.8, 4) is 5.75 Å². The number of benzene rings is 1. The SMILES string of the molecule is O=S1(=O)CCC(c2ccc(O)cc2)C1. The second kappa shape index (κ2) is 3.28. The molecule has 4 heteroatoms. The van der Waals surface area contributed by atoms with Crippen molar-refractivity contribution in [2.45, 2.75) is 12.3 Å². The van der Waals surface area contributed by atoms with Crippen LogP contribution in [0.3, 0.4) is 0 Å². The number of aromatic hydroxyl groups is 1. The van der Waals surface area contributed by atoms with Crippen LogP contribution in [0.15, 0.2) is 24.3 Å². The summed E-state index contributed by atoms with van der Waals surface area (Å²) in [6, 6.07) is 6.78. The van der Waals surface area contributed by atoms with Crippen LogP contribution >= 0.6 is 0 Å². The molecule has 0 spiro atoms. The van der Waals surface area contributed by atoms with E-state index in [1.54, 1.807) is 24.3 Å². The van der Waals surface area contributed by atoms with Crippen molar-refractivity contribution < 1.29 is 13.5 Å². The Hall–Kier alpha value is -1.03. The van der Waals surface area contributed by atoms with E-state index in [9.17, 15) is 8.42 Å². The van der Waals surface area contributed by atoms with Gasteiger partial charge in [0.25, 0.3) is 0 Å². The summed E-state index contributed by atoms with van der Waals surface area (Å²) >= 11 is 0. The van der Waals surface area contributed by atoms with Gasteiger partial charge in [-0.05, 0) is 30.0 Å². The van der Waals surface area contributed by atoms with Gasteiger partial charge in [0.2, 0.25) is 0 Å². The Kier molecular flexibility index (Phi) is 2.23. The summed E-state index contributed by atoms with van der Waals surface area (Å²) in [5, 5.41) is 9.08. The molecule has 0 aliphatic carbocycles. The second-order valence-electron chi connectivity index (χ2n) is 3.69. The van der Waals surface area contributed by atoms with Gasteiger partial charge in [0, 0.05) is 0 Å². The molecule has 1 aliphatic heterocycles. The van der Waals surface area contributed by atoms with Gasteiger partial charge in [0.15, 0.2) is 9.84 Å². The summed E-state index contributed by atoms with van der Waals surface area (Å²) in [7, 11) is -2.82. The summed E-state index contributed by atoms with van der Waals surface area (Å²) in [5.74, 6) is 0.867. The predicted octanol–water partition coefficient (Wildman–Crippen LogP) is 1.29. The van der Waals surface area contributed by atoms with Gasteiger partial charge in [-0.15, -0.1) is 0 Å². The zero-order valence-corrected chi connectivity index (χ0v) is 8.50. The summed E-state index contributed by atoms with van der Waals surface area (Å²) in [6.07, 6.45) is 0.701. The molecule has 0 saturated carbocycles. The van der Waals surface area contributed by atoms with Crippen molar-refractivity contribution >= 4 is 9.84 Å². The van der Waals surface area contributed by atoms with Crippen LogP contribution in [0.25, 0.3) is 0 Å². The minimum absolute atomic E-state index is 0.112. The predicted molar refractivity (Wildman–Crippen MR) is 54.1 cm³/mol. The van der Waals surface area contributed by atoms with Gasteiger partial charge in [-0.3, -0.25) is 0 Å². The Balaban J connectivity index is 2.22. The van der Waals surface area contributed by atoms with E-state index in [4.69, 9.17) is 5.11 Å². The molecule has 1 atom stereocenters. The zero-order valence-electron chi connectivity index (χ0n) is 7.68. The second-order valence-corrected chi connectivity index (χ2v) is 5.92. The lowest BCUT2D eigenvalue weighted by Gasteiger charge is -2.07. The molecule has 1 aromatic carbocycles. The zero-order chi connectivity index (χ0) is 10.2. The van der Waals surface area contributed by atoms with E-state index in [0.29, 0.717) is 12.2 Å². The highest BCUT2D eigenvalue weighted by molar-refractivity contribution is 7.91. The van der Waals surface area contributed by atoms with Gasteiger partial charge < -0.3 is 5.11 Å². The van der Waals surface area contributed by atoms with E-state index in [-0.39, 0.29) is 17.4 Å². The Morgan fingerprint density at radius 3 is 2.36 bits per heavy atom. The lowest BCUT2D eigenvalue weighted by atomic mass is 9.99. The third kappa shape index (κ3) is 1.90. The quantitative estimate of drug-likeness (QED) is 0.763. The van der Waals surface area contributed by atoms with Crippen molar-refractivity contribution in [2.75, 3.05) is 11.5 Å². The molecule has 2 rings (SSSR count). The Morgan fingerprint density at radius 2 is 1.86 bits per heavy atom. The molecule has 0 amide bonds. The van der Waals surface area contributed by atoms with Crippen molar-refractivity contribution in [2.24, 2.45) is 0 Å². The number of phenolic OH excluding ortho intramolecular Hbond substituents is 1. The molecule has 1 fully saturated rings. The molecule has 1 heterocycles. The Labute approximate surface area is 83.3 Å². The summed E-state index contributed by atoms with van der Waals surface area (Å²) in [4.78, 5) is 0. The van der Waals surface area contributed by atoms with Gasteiger partial charge in [-0.25, -0.2) is 8.42 Å². The molecule has 1 saturated heterocycles. The third-order valence-electron chi connectivity index (χ3n) is 2.60. The lowest BCUT2D eigenvalue weighted by molar-refractivity contribution is 0.475. The molecule has 0 radical (unpaired) electrons. The molecule has 1 N–H and O–H groups in total. The first kappa shape index (κ1) is 9.52. The third-order valence-corrected chi connectivity index (χ3v) is 4.36. The van der Waals surface area contributed by atoms with Crippen LogP contribution in [-0.2, 0) is 9.84 Å². The molecular formula is C10H12O3S. The topological polar surface area (TPSA) is 54.4 Å². The van der Waals surface area contributed by atoms with Crippen LogP contribution in [0.1, 0.15) is 17.9 Å². The average Bonchev–Trinajstić information content (AvgIpc) is 2.47. The standard InChI is InChI=1S/C10H12O3S/c11-10-3-1-8(2-4-10)9-5-6-14(12,13)7-9/h1-4,9,11H,5-7H2. The maximum absolute atomic E-state index is 11.2. The Bertz CT molecular complexity index is 419.